The standard InChI is InChI=1S/C30H56O8/c1-9-13-16-32-19-25-28(29(34-18-15-11-3)27(22(7)35-25)33-17-14-10-2)38-30-26(36-23(8)31)21(6)20(5)24(12-4)37-30/h20-22,24-30H,9-19H2,1-8H3/t20-,21-,22+,24?,25?,26?,27?,28-,29+,30+/m0/s1. The number of carbonyl (C=O) groups is 1. The average molecular weight is 545 g/mol. The van der Waals surface area contributed by atoms with Crippen molar-refractivity contribution < 1.29 is 38.0 Å². The first-order chi connectivity index (χ1) is 18.3. The third-order valence-electron chi connectivity index (χ3n) is 7.91. The highest BCUT2D eigenvalue weighted by atomic mass is 16.7. The van der Waals surface area contributed by atoms with Crippen molar-refractivity contribution in [2.45, 2.75) is 149 Å². The van der Waals surface area contributed by atoms with Crippen LogP contribution in [0.25, 0.3) is 0 Å². The zero-order valence-corrected chi connectivity index (χ0v) is 25.3. The molecule has 2 heterocycles. The van der Waals surface area contributed by atoms with Crippen molar-refractivity contribution in [3.8, 4) is 0 Å². The van der Waals surface area contributed by atoms with Crippen LogP contribution in [0.2, 0.25) is 0 Å². The molecule has 0 bridgehead atoms. The molecule has 2 aliphatic heterocycles. The van der Waals surface area contributed by atoms with Crippen LogP contribution in [0, 0.1) is 11.8 Å². The Morgan fingerprint density at radius 3 is 1.89 bits per heavy atom. The van der Waals surface area contributed by atoms with E-state index in [4.69, 9.17) is 33.2 Å². The molecule has 10 atom stereocenters. The number of esters is 1. The molecule has 38 heavy (non-hydrogen) atoms. The van der Waals surface area contributed by atoms with Crippen LogP contribution in [-0.4, -0.2) is 81.4 Å². The van der Waals surface area contributed by atoms with Gasteiger partial charge in [0.2, 0.25) is 0 Å². The normalized spacial score (nSPS) is 35.8. The van der Waals surface area contributed by atoms with Crippen molar-refractivity contribution in [1.29, 1.82) is 0 Å². The second kappa shape index (κ2) is 17.8. The van der Waals surface area contributed by atoms with Crippen LogP contribution in [0.3, 0.4) is 0 Å². The Morgan fingerprint density at radius 1 is 0.711 bits per heavy atom. The van der Waals surface area contributed by atoms with Crippen molar-refractivity contribution in [3.05, 3.63) is 0 Å². The van der Waals surface area contributed by atoms with Crippen LogP contribution >= 0.6 is 0 Å². The quantitative estimate of drug-likeness (QED) is 0.171. The molecule has 0 spiro atoms. The second-order valence-corrected chi connectivity index (χ2v) is 11.0. The van der Waals surface area contributed by atoms with E-state index in [-0.39, 0.29) is 48.3 Å². The summed E-state index contributed by atoms with van der Waals surface area (Å²) >= 11 is 0. The molecule has 0 aromatic heterocycles. The van der Waals surface area contributed by atoms with Crippen LogP contribution in [0.4, 0.5) is 0 Å². The summed E-state index contributed by atoms with van der Waals surface area (Å²) in [6.45, 7) is 18.6. The topological polar surface area (TPSA) is 81.7 Å². The molecule has 8 nitrogen and oxygen atoms in total. The molecule has 2 rings (SSSR count). The highest BCUT2D eigenvalue weighted by Gasteiger charge is 2.51. The lowest BCUT2D eigenvalue weighted by molar-refractivity contribution is -0.334. The molecule has 0 aliphatic carbocycles. The number of hydrogen-bond acceptors (Lipinski definition) is 8. The van der Waals surface area contributed by atoms with E-state index in [0.29, 0.717) is 26.4 Å². The molecular weight excluding hydrogens is 488 g/mol. The number of hydrogen-bond donors (Lipinski definition) is 0. The number of unbranched alkanes of at least 4 members (excludes halogenated alkanes) is 3. The molecule has 0 radical (unpaired) electrons. The van der Waals surface area contributed by atoms with Crippen LogP contribution < -0.4 is 0 Å². The summed E-state index contributed by atoms with van der Waals surface area (Å²) in [6, 6.07) is 0. The van der Waals surface area contributed by atoms with Gasteiger partial charge in [0.05, 0.1) is 18.8 Å². The van der Waals surface area contributed by atoms with Gasteiger partial charge in [-0.05, 0) is 38.5 Å². The van der Waals surface area contributed by atoms with Gasteiger partial charge in [-0.15, -0.1) is 0 Å². The molecule has 0 aromatic carbocycles. The van der Waals surface area contributed by atoms with Crippen molar-refractivity contribution >= 4 is 5.97 Å². The smallest absolute Gasteiger partial charge is 0.303 e. The predicted molar refractivity (Wildman–Crippen MR) is 147 cm³/mol. The molecular formula is C30H56O8. The highest BCUT2D eigenvalue weighted by molar-refractivity contribution is 5.66. The Kier molecular flexibility index (Phi) is 15.7. The Balaban J connectivity index is 2.37. The fourth-order valence-corrected chi connectivity index (χ4v) is 5.33. The van der Waals surface area contributed by atoms with E-state index in [9.17, 15) is 4.79 Å². The van der Waals surface area contributed by atoms with E-state index in [1.54, 1.807) is 0 Å². The number of carbonyl (C=O) groups excluding carboxylic acids is 1. The van der Waals surface area contributed by atoms with Gasteiger partial charge >= 0.3 is 5.97 Å². The van der Waals surface area contributed by atoms with Crippen molar-refractivity contribution in [1.82, 2.24) is 0 Å². The van der Waals surface area contributed by atoms with E-state index in [1.165, 1.54) is 6.92 Å². The van der Waals surface area contributed by atoms with Crippen LogP contribution in [0.15, 0.2) is 0 Å². The summed E-state index contributed by atoms with van der Waals surface area (Å²) in [5.41, 5.74) is 0. The molecule has 2 saturated heterocycles. The monoisotopic (exact) mass is 544 g/mol. The molecule has 2 aliphatic rings. The zero-order chi connectivity index (χ0) is 28.1. The summed E-state index contributed by atoms with van der Waals surface area (Å²) in [4.78, 5) is 12.1. The molecule has 0 aromatic rings. The van der Waals surface area contributed by atoms with Gasteiger partial charge in [0.15, 0.2) is 12.4 Å². The first-order valence-corrected chi connectivity index (χ1v) is 15.2. The molecule has 224 valence electrons. The fourth-order valence-electron chi connectivity index (χ4n) is 5.33. The molecule has 0 saturated carbocycles. The van der Waals surface area contributed by atoms with Crippen molar-refractivity contribution in [3.63, 3.8) is 0 Å². The van der Waals surface area contributed by atoms with E-state index >= 15 is 0 Å². The van der Waals surface area contributed by atoms with Gasteiger partial charge in [-0.2, -0.15) is 0 Å². The van der Waals surface area contributed by atoms with Crippen LogP contribution in [0.1, 0.15) is 100 Å². The number of ether oxygens (including phenoxy) is 7. The maximum atomic E-state index is 12.1. The lowest BCUT2D eigenvalue weighted by Gasteiger charge is -2.49. The first-order valence-electron chi connectivity index (χ1n) is 15.2. The second-order valence-electron chi connectivity index (χ2n) is 11.0. The first kappa shape index (κ1) is 33.4. The zero-order valence-electron chi connectivity index (χ0n) is 25.3. The van der Waals surface area contributed by atoms with Crippen LogP contribution in [-0.2, 0) is 38.0 Å². The Labute approximate surface area is 231 Å². The minimum atomic E-state index is -0.733. The summed E-state index contributed by atoms with van der Waals surface area (Å²) in [5, 5.41) is 0. The molecule has 8 heteroatoms. The summed E-state index contributed by atoms with van der Waals surface area (Å²) in [6.07, 6.45) is 3.93. The summed E-state index contributed by atoms with van der Waals surface area (Å²) in [5.74, 6) is -0.0474. The lowest BCUT2D eigenvalue weighted by atomic mass is 9.82. The van der Waals surface area contributed by atoms with Gasteiger partial charge in [-0.25, -0.2) is 0 Å². The third-order valence-corrected chi connectivity index (χ3v) is 7.91. The van der Waals surface area contributed by atoms with Gasteiger partial charge in [-0.3, -0.25) is 4.79 Å². The van der Waals surface area contributed by atoms with E-state index in [1.807, 2.05) is 6.92 Å². The van der Waals surface area contributed by atoms with E-state index in [2.05, 4.69) is 41.5 Å². The fraction of sp³-hybridized carbons (Fsp3) is 0.967. The van der Waals surface area contributed by atoms with Gasteiger partial charge in [0, 0.05) is 32.7 Å². The SMILES string of the molecule is CCCCOCC1O[C@H](C)C(OCCCC)[C@@H](OCCCC)[C@H]1O[C@H]1OC(CC)[C@@H](C)[C@H](C)C1OC(C)=O. The molecule has 0 amide bonds. The highest BCUT2D eigenvalue weighted by Crippen LogP contribution is 2.37. The van der Waals surface area contributed by atoms with E-state index in [0.717, 1.165) is 44.9 Å². The van der Waals surface area contributed by atoms with E-state index < -0.39 is 18.5 Å². The van der Waals surface area contributed by atoms with Crippen molar-refractivity contribution in [2.24, 2.45) is 11.8 Å². The van der Waals surface area contributed by atoms with Crippen molar-refractivity contribution in [2.75, 3.05) is 26.4 Å². The minimum Gasteiger partial charge on any atom is -0.457 e. The average Bonchev–Trinajstić information content (AvgIpc) is 2.89. The van der Waals surface area contributed by atoms with Gasteiger partial charge in [0.25, 0.3) is 0 Å². The third kappa shape index (κ3) is 9.70. The minimum absolute atomic E-state index is 0.000515. The Morgan fingerprint density at radius 2 is 1.32 bits per heavy atom. The summed E-state index contributed by atoms with van der Waals surface area (Å²) < 4.78 is 44.5. The Hall–Kier alpha value is -0.770. The lowest BCUT2D eigenvalue weighted by Crippen LogP contribution is -2.63. The Bertz CT molecular complexity index is 646. The van der Waals surface area contributed by atoms with Crippen LogP contribution in [0.5, 0.6) is 0 Å². The molecule has 0 N–H and O–H groups in total. The molecule has 4 unspecified atom stereocenters. The predicted octanol–water partition coefficient (Wildman–Crippen LogP) is 5.69. The van der Waals surface area contributed by atoms with Gasteiger partial charge in [0.1, 0.15) is 24.4 Å². The van der Waals surface area contributed by atoms with Gasteiger partial charge in [-0.1, -0.05) is 60.8 Å². The maximum Gasteiger partial charge on any atom is 0.303 e. The number of rotatable bonds is 17. The van der Waals surface area contributed by atoms with Gasteiger partial charge < -0.3 is 33.2 Å². The molecule has 2 fully saturated rings. The maximum absolute atomic E-state index is 12.1. The largest absolute Gasteiger partial charge is 0.457 e. The summed E-state index contributed by atoms with van der Waals surface area (Å²) in [7, 11) is 0.